The number of fused-ring (bicyclic) bond motifs is 1. The molecule has 0 bridgehead atoms. The third-order valence-corrected chi connectivity index (χ3v) is 5.46. The number of halogens is 1. The van der Waals surface area contributed by atoms with E-state index in [1.54, 1.807) is 35.7 Å². The van der Waals surface area contributed by atoms with Crippen molar-refractivity contribution in [1.29, 1.82) is 0 Å². The highest BCUT2D eigenvalue weighted by Gasteiger charge is 2.13. The number of ether oxygens (including phenoxy) is 1. The van der Waals surface area contributed by atoms with Crippen LogP contribution < -0.4 is 10.4 Å². The molecule has 0 radical (unpaired) electrons. The van der Waals surface area contributed by atoms with Gasteiger partial charge in [0.05, 0.1) is 12.1 Å². The smallest absolute Gasteiger partial charge is 0.336 e. The van der Waals surface area contributed by atoms with Gasteiger partial charge in [0, 0.05) is 28.5 Å². The summed E-state index contributed by atoms with van der Waals surface area (Å²) in [6, 6.07) is 12.6. The topological polar surface area (TPSA) is 69.4 Å². The van der Waals surface area contributed by atoms with Gasteiger partial charge in [-0.25, -0.2) is 14.2 Å². The van der Waals surface area contributed by atoms with E-state index < -0.39 is 11.6 Å². The molecule has 4 rings (SSSR count). The standard InChI is InChI=1S/C23H18FNO4S/c1-2-3-15-10-21(26)29-20-12-18(8-9-19(15)20)28-22(27)11-17-13-30-23(25-17)14-4-6-16(24)7-5-14/h4-10,12-13H,2-3,11H2,1H3. The molecule has 5 nitrogen and oxygen atoms in total. The molecule has 2 heterocycles. The maximum absolute atomic E-state index is 13.1. The molecule has 0 aliphatic carbocycles. The van der Waals surface area contributed by atoms with Gasteiger partial charge in [0.25, 0.3) is 0 Å². The van der Waals surface area contributed by atoms with Crippen LogP contribution in [0.1, 0.15) is 24.6 Å². The molecule has 152 valence electrons. The Morgan fingerprint density at radius 1 is 1.17 bits per heavy atom. The molecular formula is C23H18FNO4S. The number of hydrogen-bond acceptors (Lipinski definition) is 6. The fraction of sp³-hybridized carbons (Fsp3) is 0.174. The molecule has 0 fully saturated rings. The van der Waals surface area contributed by atoms with Gasteiger partial charge in [0.1, 0.15) is 22.2 Å². The minimum atomic E-state index is -0.475. The second kappa shape index (κ2) is 8.59. The van der Waals surface area contributed by atoms with E-state index in [2.05, 4.69) is 4.98 Å². The van der Waals surface area contributed by atoms with Crippen molar-refractivity contribution in [3.8, 4) is 16.3 Å². The fourth-order valence-corrected chi connectivity index (χ4v) is 4.00. The number of carbonyl (C=O) groups is 1. The van der Waals surface area contributed by atoms with Crippen molar-refractivity contribution in [2.24, 2.45) is 0 Å². The lowest BCUT2D eigenvalue weighted by atomic mass is 10.1. The van der Waals surface area contributed by atoms with E-state index in [1.165, 1.54) is 29.5 Å². The van der Waals surface area contributed by atoms with E-state index in [1.807, 2.05) is 6.92 Å². The minimum Gasteiger partial charge on any atom is -0.426 e. The summed E-state index contributed by atoms with van der Waals surface area (Å²) >= 11 is 1.38. The average Bonchev–Trinajstić information content (AvgIpc) is 3.16. The van der Waals surface area contributed by atoms with E-state index >= 15 is 0 Å². The number of esters is 1. The molecule has 0 saturated heterocycles. The Kier molecular flexibility index (Phi) is 5.72. The van der Waals surface area contributed by atoms with Gasteiger partial charge in [-0.1, -0.05) is 13.3 Å². The van der Waals surface area contributed by atoms with Crippen LogP contribution in [0.25, 0.3) is 21.5 Å². The summed E-state index contributed by atoms with van der Waals surface area (Å²) in [5, 5.41) is 3.31. The quantitative estimate of drug-likeness (QED) is 0.244. The molecule has 0 saturated carbocycles. The van der Waals surface area contributed by atoms with Crippen LogP contribution >= 0.6 is 11.3 Å². The first-order valence-corrected chi connectivity index (χ1v) is 10.4. The molecular weight excluding hydrogens is 405 g/mol. The molecule has 0 aliphatic heterocycles. The largest absolute Gasteiger partial charge is 0.426 e. The minimum absolute atomic E-state index is 0.00441. The van der Waals surface area contributed by atoms with Crippen LogP contribution in [0.3, 0.4) is 0 Å². The second-order valence-corrected chi connectivity index (χ2v) is 7.66. The predicted octanol–water partition coefficient (Wildman–Crippen LogP) is 5.16. The second-order valence-electron chi connectivity index (χ2n) is 6.80. The average molecular weight is 423 g/mol. The molecule has 2 aromatic heterocycles. The number of benzene rings is 2. The van der Waals surface area contributed by atoms with Crippen molar-refractivity contribution in [1.82, 2.24) is 4.98 Å². The number of nitrogens with zero attached hydrogens (tertiary/aromatic N) is 1. The molecule has 0 spiro atoms. The lowest BCUT2D eigenvalue weighted by Gasteiger charge is -2.07. The van der Waals surface area contributed by atoms with E-state index in [4.69, 9.17) is 9.15 Å². The normalized spacial score (nSPS) is 11.0. The Hall–Kier alpha value is -3.32. The molecule has 4 aromatic rings. The fourth-order valence-electron chi connectivity index (χ4n) is 3.18. The Morgan fingerprint density at radius 3 is 2.73 bits per heavy atom. The molecule has 0 aliphatic rings. The van der Waals surface area contributed by atoms with Crippen LogP contribution in [0.2, 0.25) is 0 Å². The van der Waals surface area contributed by atoms with Crippen LogP contribution in [-0.4, -0.2) is 11.0 Å². The first-order valence-electron chi connectivity index (χ1n) is 9.49. The monoisotopic (exact) mass is 423 g/mol. The Balaban J connectivity index is 1.48. The number of hydrogen-bond donors (Lipinski definition) is 0. The Bertz CT molecular complexity index is 1260. The van der Waals surface area contributed by atoms with Crippen LogP contribution in [0.15, 0.2) is 63.1 Å². The molecule has 0 atom stereocenters. The van der Waals surface area contributed by atoms with Gasteiger partial charge >= 0.3 is 11.6 Å². The molecule has 0 amide bonds. The van der Waals surface area contributed by atoms with Crippen molar-refractivity contribution >= 4 is 28.3 Å². The van der Waals surface area contributed by atoms with Crippen LogP contribution in [0.5, 0.6) is 5.75 Å². The third-order valence-electron chi connectivity index (χ3n) is 4.52. The predicted molar refractivity (Wildman–Crippen MR) is 113 cm³/mol. The van der Waals surface area contributed by atoms with Crippen molar-refractivity contribution in [2.75, 3.05) is 0 Å². The number of aryl methyl sites for hydroxylation is 1. The summed E-state index contributed by atoms with van der Waals surface area (Å²) in [4.78, 5) is 28.6. The summed E-state index contributed by atoms with van der Waals surface area (Å²) in [6.45, 7) is 2.04. The molecule has 30 heavy (non-hydrogen) atoms. The van der Waals surface area contributed by atoms with Gasteiger partial charge in [-0.3, -0.25) is 4.79 Å². The number of thiazole rings is 1. The lowest BCUT2D eigenvalue weighted by molar-refractivity contribution is -0.133. The summed E-state index contributed by atoms with van der Waals surface area (Å²) < 4.78 is 23.7. The summed E-state index contributed by atoms with van der Waals surface area (Å²) in [5.74, 6) is -0.484. The van der Waals surface area contributed by atoms with Gasteiger partial charge in [-0.2, -0.15) is 0 Å². The Morgan fingerprint density at radius 2 is 1.97 bits per heavy atom. The number of aromatic nitrogens is 1. The summed E-state index contributed by atoms with van der Waals surface area (Å²) in [7, 11) is 0. The van der Waals surface area contributed by atoms with Gasteiger partial charge in [0.2, 0.25) is 0 Å². The van der Waals surface area contributed by atoms with E-state index in [0.29, 0.717) is 22.0 Å². The van der Waals surface area contributed by atoms with Gasteiger partial charge in [-0.05, 0) is 48.4 Å². The lowest BCUT2D eigenvalue weighted by Crippen LogP contribution is -2.11. The third kappa shape index (κ3) is 4.46. The van der Waals surface area contributed by atoms with Crippen LogP contribution in [0.4, 0.5) is 4.39 Å². The SMILES string of the molecule is CCCc1cc(=O)oc2cc(OC(=O)Cc3csc(-c4ccc(F)cc4)n3)ccc12. The Labute approximate surface area is 175 Å². The highest BCUT2D eigenvalue weighted by molar-refractivity contribution is 7.13. The molecule has 2 aromatic carbocycles. The van der Waals surface area contributed by atoms with E-state index in [9.17, 15) is 14.0 Å². The maximum atomic E-state index is 13.1. The van der Waals surface area contributed by atoms with Crippen molar-refractivity contribution < 1.29 is 18.3 Å². The maximum Gasteiger partial charge on any atom is 0.336 e. The van der Waals surface area contributed by atoms with E-state index in [-0.39, 0.29) is 12.2 Å². The van der Waals surface area contributed by atoms with Gasteiger partial charge < -0.3 is 9.15 Å². The highest BCUT2D eigenvalue weighted by Crippen LogP contribution is 2.26. The van der Waals surface area contributed by atoms with E-state index in [0.717, 1.165) is 29.4 Å². The van der Waals surface area contributed by atoms with Gasteiger partial charge in [-0.15, -0.1) is 11.3 Å². The van der Waals surface area contributed by atoms with Crippen molar-refractivity contribution in [3.05, 3.63) is 81.4 Å². The summed E-state index contributed by atoms with van der Waals surface area (Å²) in [6.07, 6.45) is 1.67. The first kappa shape index (κ1) is 20.0. The van der Waals surface area contributed by atoms with Crippen molar-refractivity contribution in [3.63, 3.8) is 0 Å². The molecule has 0 N–H and O–H groups in total. The molecule has 0 unspecified atom stereocenters. The zero-order valence-corrected chi connectivity index (χ0v) is 17.0. The van der Waals surface area contributed by atoms with Crippen LogP contribution in [0, 0.1) is 5.82 Å². The van der Waals surface area contributed by atoms with Gasteiger partial charge in [0.15, 0.2) is 0 Å². The molecule has 7 heteroatoms. The number of rotatable bonds is 6. The number of carbonyl (C=O) groups excluding carboxylic acids is 1. The van der Waals surface area contributed by atoms with Crippen LogP contribution in [-0.2, 0) is 17.6 Å². The zero-order chi connectivity index (χ0) is 21.1. The van der Waals surface area contributed by atoms with Crippen molar-refractivity contribution in [2.45, 2.75) is 26.2 Å². The highest BCUT2D eigenvalue weighted by atomic mass is 32.1. The zero-order valence-electron chi connectivity index (χ0n) is 16.2. The summed E-state index contributed by atoms with van der Waals surface area (Å²) in [5.41, 5.74) is 2.24. The first-order chi connectivity index (χ1) is 14.5.